The molecule has 0 aliphatic carbocycles. The second-order valence-electron chi connectivity index (χ2n) is 3.03. The summed E-state index contributed by atoms with van der Waals surface area (Å²) in [6.45, 7) is 0. The number of pyridine rings is 1. The van der Waals surface area contributed by atoms with Crippen LogP contribution in [0.25, 0.3) is 10.9 Å². The van der Waals surface area contributed by atoms with Crippen LogP contribution in [0.1, 0.15) is 10.4 Å². The molecule has 3 nitrogen and oxygen atoms in total. The van der Waals surface area contributed by atoms with E-state index in [1.165, 1.54) is 7.11 Å². The normalized spacial score (nSPS) is 10.3. The number of esters is 1. The van der Waals surface area contributed by atoms with E-state index in [4.69, 9.17) is 0 Å². The number of nitrogens with zero attached hydrogens (tertiary/aromatic N) is 1. The average Bonchev–Trinajstić information content (AvgIpc) is 2.27. The molecule has 0 bridgehead atoms. The topological polar surface area (TPSA) is 39.2 Å². The van der Waals surface area contributed by atoms with Crippen molar-refractivity contribution < 1.29 is 9.53 Å². The van der Waals surface area contributed by atoms with E-state index in [0.29, 0.717) is 5.56 Å². The van der Waals surface area contributed by atoms with Crippen LogP contribution in [0.15, 0.2) is 30.3 Å². The Morgan fingerprint density at radius 1 is 1.33 bits per heavy atom. The first-order chi connectivity index (χ1) is 7.20. The van der Waals surface area contributed by atoms with Crippen LogP contribution in [0.5, 0.6) is 0 Å². The number of halogens is 1. The van der Waals surface area contributed by atoms with Gasteiger partial charge in [-0.05, 0) is 46.9 Å². The lowest BCUT2D eigenvalue weighted by Crippen LogP contribution is -2.00. The van der Waals surface area contributed by atoms with Crippen molar-refractivity contribution in [2.75, 3.05) is 7.11 Å². The minimum Gasteiger partial charge on any atom is -0.465 e. The highest BCUT2D eigenvalue weighted by atomic mass is 127. The second kappa shape index (κ2) is 4.14. The largest absolute Gasteiger partial charge is 0.465 e. The fourth-order valence-corrected chi connectivity index (χ4v) is 1.79. The minimum atomic E-state index is -0.324. The lowest BCUT2D eigenvalue weighted by molar-refractivity contribution is 0.0601. The van der Waals surface area contributed by atoms with Crippen molar-refractivity contribution in [2.45, 2.75) is 0 Å². The van der Waals surface area contributed by atoms with Crippen LogP contribution in [-0.2, 0) is 4.74 Å². The van der Waals surface area contributed by atoms with Crippen LogP contribution in [0, 0.1) is 3.70 Å². The standard InChI is InChI=1S/C11H8INO2/c1-15-11(14)8-2-4-9-7(6-8)3-5-10(12)13-9/h2-6H,1H3. The summed E-state index contributed by atoms with van der Waals surface area (Å²) in [6, 6.07) is 9.17. The molecule has 0 spiro atoms. The van der Waals surface area contributed by atoms with Gasteiger partial charge in [-0.15, -0.1) is 0 Å². The Morgan fingerprint density at radius 3 is 2.87 bits per heavy atom. The Balaban J connectivity index is 2.57. The molecule has 4 heteroatoms. The fraction of sp³-hybridized carbons (Fsp3) is 0.0909. The number of ether oxygens (including phenoxy) is 1. The van der Waals surface area contributed by atoms with Crippen molar-refractivity contribution in [3.05, 3.63) is 39.6 Å². The maximum absolute atomic E-state index is 11.3. The molecule has 2 rings (SSSR count). The van der Waals surface area contributed by atoms with Gasteiger partial charge in [0.05, 0.1) is 18.2 Å². The lowest BCUT2D eigenvalue weighted by Gasteiger charge is -2.01. The Hall–Kier alpha value is -1.17. The van der Waals surface area contributed by atoms with Gasteiger partial charge in [0, 0.05) is 5.39 Å². The molecule has 2 aromatic rings. The number of carbonyl (C=O) groups excluding carboxylic acids is 1. The maximum atomic E-state index is 11.3. The number of rotatable bonds is 1. The molecule has 0 aliphatic heterocycles. The summed E-state index contributed by atoms with van der Waals surface area (Å²) in [7, 11) is 1.37. The summed E-state index contributed by atoms with van der Waals surface area (Å²) < 4.78 is 5.58. The van der Waals surface area contributed by atoms with Crippen LogP contribution in [-0.4, -0.2) is 18.1 Å². The number of fused-ring (bicyclic) bond motifs is 1. The number of hydrogen-bond acceptors (Lipinski definition) is 3. The van der Waals surface area contributed by atoms with E-state index < -0.39 is 0 Å². The molecule has 0 radical (unpaired) electrons. The highest BCUT2D eigenvalue weighted by Gasteiger charge is 2.06. The van der Waals surface area contributed by atoms with Crippen molar-refractivity contribution in [2.24, 2.45) is 0 Å². The molecule has 76 valence electrons. The zero-order valence-corrected chi connectivity index (χ0v) is 10.2. The van der Waals surface area contributed by atoms with Crippen molar-refractivity contribution in [1.82, 2.24) is 4.98 Å². The van der Waals surface area contributed by atoms with E-state index in [2.05, 4.69) is 32.3 Å². The van der Waals surface area contributed by atoms with Crippen LogP contribution >= 0.6 is 22.6 Å². The first kappa shape index (κ1) is 10.4. The molecule has 0 saturated carbocycles. The molecule has 0 amide bonds. The van der Waals surface area contributed by atoms with Crippen molar-refractivity contribution in [3.8, 4) is 0 Å². The van der Waals surface area contributed by atoms with E-state index in [-0.39, 0.29) is 5.97 Å². The first-order valence-electron chi connectivity index (χ1n) is 4.35. The molecular formula is C11H8INO2. The van der Waals surface area contributed by atoms with Gasteiger partial charge >= 0.3 is 5.97 Å². The molecular weight excluding hydrogens is 305 g/mol. The van der Waals surface area contributed by atoms with E-state index >= 15 is 0 Å². The van der Waals surface area contributed by atoms with Crippen molar-refractivity contribution in [3.63, 3.8) is 0 Å². The summed E-state index contributed by atoms with van der Waals surface area (Å²) in [5.41, 5.74) is 1.43. The monoisotopic (exact) mass is 313 g/mol. The number of aromatic nitrogens is 1. The molecule has 0 fully saturated rings. The number of methoxy groups -OCH3 is 1. The lowest BCUT2D eigenvalue weighted by atomic mass is 10.1. The fourth-order valence-electron chi connectivity index (χ4n) is 1.35. The maximum Gasteiger partial charge on any atom is 0.337 e. The molecule has 0 aliphatic rings. The zero-order valence-electron chi connectivity index (χ0n) is 8.03. The Kier molecular flexibility index (Phi) is 2.86. The molecule has 0 saturated heterocycles. The van der Waals surface area contributed by atoms with Gasteiger partial charge in [0.2, 0.25) is 0 Å². The molecule has 1 aromatic carbocycles. The summed E-state index contributed by atoms with van der Waals surface area (Å²) in [4.78, 5) is 15.6. The third kappa shape index (κ3) is 2.09. The van der Waals surface area contributed by atoms with Gasteiger partial charge in [0.1, 0.15) is 3.70 Å². The van der Waals surface area contributed by atoms with Crippen LogP contribution in [0.2, 0.25) is 0 Å². The summed E-state index contributed by atoms with van der Waals surface area (Å²) in [6.07, 6.45) is 0. The third-order valence-corrected chi connectivity index (χ3v) is 2.68. The van der Waals surface area contributed by atoms with Crippen LogP contribution in [0.4, 0.5) is 0 Å². The zero-order chi connectivity index (χ0) is 10.8. The molecule has 15 heavy (non-hydrogen) atoms. The van der Waals surface area contributed by atoms with Gasteiger partial charge in [0.25, 0.3) is 0 Å². The van der Waals surface area contributed by atoms with Gasteiger partial charge in [-0.3, -0.25) is 0 Å². The summed E-state index contributed by atoms with van der Waals surface area (Å²) in [5, 5.41) is 0.943. The summed E-state index contributed by atoms with van der Waals surface area (Å²) in [5.74, 6) is -0.324. The smallest absolute Gasteiger partial charge is 0.337 e. The predicted molar refractivity (Wildman–Crippen MR) is 65.8 cm³/mol. The van der Waals surface area contributed by atoms with Crippen LogP contribution < -0.4 is 0 Å². The Labute approximate surface area is 101 Å². The third-order valence-electron chi connectivity index (χ3n) is 2.08. The minimum absolute atomic E-state index is 0.324. The van der Waals surface area contributed by atoms with Crippen molar-refractivity contribution >= 4 is 39.5 Å². The molecule has 1 heterocycles. The molecule has 0 N–H and O–H groups in total. The Morgan fingerprint density at radius 2 is 2.13 bits per heavy atom. The van der Waals surface area contributed by atoms with E-state index in [9.17, 15) is 4.79 Å². The quantitative estimate of drug-likeness (QED) is 0.461. The highest BCUT2D eigenvalue weighted by Crippen LogP contribution is 2.16. The van der Waals surface area contributed by atoms with Crippen LogP contribution in [0.3, 0.4) is 0 Å². The van der Waals surface area contributed by atoms with Gasteiger partial charge < -0.3 is 4.74 Å². The van der Waals surface area contributed by atoms with E-state index in [0.717, 1.165) is 14.6 Å². The summed E-state index contributed by atoms with van der Waals surface area (Å²) >= 11 is 2.15. The number of carbonyl (C=O) groups is 1. The van der Waals surface area contributed by atoms with E-state index in [1.807, 2.05) is 18.2 Å². The van der Waals surface area contributed by atoms with Crippen molar-refractivity contribution in [1.29, 1.82) is 0 Å². The highest BCUT2D eigenvalue weighted by molar-refractivity contribution is 14.1. The second-order valence-corrected chi connectivity index (χ2v) is 4.14. The molecule has 0 unspecified atom stereocenters. The van der Waals surface area contributed by atoms with Gasteiger partial charge in [-0.1, -0.05) is 6.07 Å². The molecule has 1 aromatic heterocycles. The number of hydrogen-bond donors (Lipinski definition) is 0. The molecule has 0 atom stereocenters. The van der Waals surface area contributed by atoms with Gasteiger partial charge in [0.15, 0.2) is 0 Å². The predicted octanol–water partition coefficient (Wildman–Crippen LogP) is 2.63. The Bertz CT molecular complexity index is 525. The van der Waals surface area contributed by atoms with E-state index in [1.54, 1.807) is 12.1 Å². The SMILES string of the molecule is COC(=O)c1ccc2nc(I)ccc2c1. The first-order valence-corrected chi connectivity index (χ1v) is 5.43. The average molecular weight is 313 g/mol. The van der Waals surface area contributed by atoms with Gasteiger partial charge in [-0.25, -0.2) is 9.78 Å². The van der Waals surface area contributed by atoms with Gasteiger partial charge in [-0.2, -0.15) is 0 Å². The number of benzene rings is 1.